The van der Waals surface area contributed by atoms with Crippen LogP contribution in [0, 0.1) is 23.7 Å². The Hall–Kier alpha value is -0.530. The van der Waals surface area contributed by atoms with E-state index in [0.717, 1.165) is 25.2 Å². The Labute approximate surface area is 196 Å². The molecule has 3 atom stereocenters. The van der Waals surface area contributed by atoms with Gasteiger partial charge in [0.1, 0.15) is 0 Å². The highest BCUT2D eigenvalue weighted by atomic mass is 16.4. The monoisotopic (exact) mass is 438 g/mol. The van der Waals surface area contributed by atoms with E-state index in [1.54, 1.807) is 0 Å². The Bertz CT molecular complexity index is 390. The molecule has 0 rings (SSSR count). The molecule has 0 saturated carbocycles. The van der Waals surface area contributed by atoms with E-state index >= 15 is 0 Å². The predicted octanol–water partition coefficient (Wildman–Crippen LogP) is 10.0. The standard InChI is InChI=1S/C29H58O2/c1-6-8-21-27(18-7-2)24-28(29(30)31)23-22-26(5)20-17-15-13-11-9-10-12-14-16-19-25(3)4/h25-28H,6-24H2,1-5H3,(H,30,31). The fourth-order valence-corrected chi connectivity index (χ4v) is 4.94. The lowest BCUT2D eigenvalue weighted by atomic mass is 9.83. The number of rotatable bonds is 23. The third-order valence-electron chi connectivity index (χ3n) is 7.12. The van der Waals surface area contributed by atoms with Gasteiger partial charge in [0.2, 0.25) is 0 Å². The molecule has 0 aliphatic heterocycles. The van der Waals surface area contributed by atoms with Crippen LogP contribution in [0.5, 0.6) is 0 Å². The fourth-order valence-electron chi connectivity index (χ4n) is 4.94. The van der Waals surface area contributed by atoms with Crippen LogP contribution in [-0.4, -0.2) is 11.1 Å². The SMILES string of the molecule is CCCCC(CCC)CC(CCC(C)CCCCCCCCCCCC(C)C)C(=O)O. The van der Waals surface area contributed by atoms with Crippen LogP contribution >= 0.6 is 0 Å². The van der Waals surface area contributed by atoms with Gasteiger partial charge in [-0.1, -0.05) is 137 Å². The first-order valence-corrected chi connectivity index (χ1v) is 14.1. The zero-order chi connectivity index (χ0) is 23.3. The Morgan fingerprint density at radius 1 is 0.613 bits per heavy atom. The molecule has 2 nitrogen and oxygen atoms in total. The summed E-state index contributed by atoms with van der Waals surface area (Å²) in [5.41, 5.74) is 0. The van der Waals surface area contributed by atoms with Crippen molar-refractivity contribution in [3.63, 3.8) is 0 Å². The number of carboxylic acid groups (broad SMARTS) is 1. The molecule has 0 aromatic rings. The van der Waals surface area contributed by atoms with Gasteiger partial charge in [-0.2, -0.15) is 0 Å². The molecular weight excluding hydrogens is 380 g/mol. The van der Waals surface area contributed by atoms with Gasteiger partial charge in [-0.15, -0.1) is 0 Å². The molecule has 0 aromatic carbocycles. The molecule has 0 heterocycles. The van der Waals surface area contributed by atoms with Crippen molar-refractivity contribution < 1.29 is 9.90 Å². The minimum Gasteiger partial charge on any atom is -0.481 e. The summed E-state index contributed by atoms with van der Waals surface area (Å²) in [6.45, 7) is 11.4. The van der Waals surface area contributed by atoms with Crippen LogP contribution in [0.1, 0.15) is 157 Å². The molecule has 0 radical (unpaired) electrons. The molecule has 0 saturated heterocycles. The lowest BCUT2D eigenvalue weighted by Crippen LogP contribution is -2.19. The lowest BCUT2D eigenvalue weighted by molar-refractivity contribution is -0.142. The highest BCUT2D eigenvalue weighted by Crippen LogP contribution is 2.28. The van der Waals surface area contributed by atoms with Crippen LogP contribution in [0.4, 0.5) is 0 Å². The van der Waals surface area contributed by atoms with E-state index in [1.165, 1.54) is 103 Å². The molecule has 3 unspecified atom stereocenters. The highest BCUT2D eigenvalue weighted by Gasteiger charge is 2.22. The zero-order valence-corrected chi connectivity index (χ0v) is 22.1. The Morgan fingerprint density at radius 3 is 1.65 bits per heavy atom. The van der Waals surface area contributed by atoms with Crippen molar-refractivity contribution in [3.05, 3.63) is 0 Å². The van der Waals surface area contributed by atoms with Gasteiger partial charge in [0.15, 0.2) is 0 Å². The summed E-state index contributed by atoms with van der Waals surface area (Å²) < 4.78 is 0. The van der Waals surface area contributed by atoms with Crippen molar-refractivity contribution in [1.29, 1.82) is 0 Å². The molecule has 0 aliphatic rings. The van der Waals surface area contributed by atoms with Crippen molar-refractivity contribution in [2.75, 3.05) is 0 Å². The number of unbranched alkanes of at least 4 members (excludes halogenated alkanes) is 9. The second kappa shape index (κ2) is 21.3. The Balaban J connectivity index is 3.82. The van der Waals surface area contributed by atoms with Crippen LogP contribution < -0.4 is 0 Å². The van der Waals surface area contributed by atoms with E-state index in [4.69, 9.17) is 0 Å². The first kappa shape index (κ1) is 30.5. The number of hydrogen-bond donors (Lipinski definition) is 1. The summed E-state index contributed by atoms with van der Waals surface area (Å²) >= 11 is 0. The van der Waals surface area contributed by atoms with Crippen molar-refractivity contribution in [2.45, 2.75) is 157 Å². The molecule has 186 valence electrons. The lowest BCUT2D eigenvalue weighted by Gasteiger charge is -2.22. The van der Waals surface area contributed by atoms with E-state index in [1.807, 2.05) is 0 Å². The number of carbonyl (C=O) groups is 1. The van der Waals surface area contributed by atoms with Crippen molar-refractivity contribution in [2.24, 2.45) is 23.7 Å². The maximum atomic E-state index is 11.8. The molecule has 0 aliphatic carbocycles. The molecule has 0 fully saturated rings. The van der Waals surface area contributed by atoms with Crippen molar-refractivity contribution >= 4 is 5.97 Å². The van der Waals surface area contributed by atoms with E-state index in [-0.39, 0.29) is 5.92 Å². The first-order valence-electron chi connectivity index (χ1n) is 14.1. The summed E-state index contributed by atoms with van der Waals surface area (Å²) in [4.78, 5) is 11.8. The third kappa shape index (κ3) is 19.9. The summed E-state index contributed by atoms with van der Waals surface area (Å²) in [5, 5.41) is 9.72. The second-order valence-electron chi connectivity index (χ2n) is 10.9. The smallest absolute Gasteiger partial charge is 0.306 e. The second-order valence-corrected chi connectivity index (χ2v) is 10.9. The van der Waals surface area contributed by atoms with E-state index in [9.17, 15) is 9.90 Å². The average Bonchev–Trinajstić information content (AvgIpc) is 2.72. The molecule has 0 amide bonds. The minimum absolute atomic E-state index is 0.128. The largest absolute Gasteiger partial charge is 0.481 e. The van der Waals surface area contributed by atoms with Crippen LogP contribution in [0.2, 0.25) is 0 Å². The van der Waals surface area contributed by atoms with Gasteiger partial charge in [0.25, 0.3) is 0 Å². The van der Waals surface area contributed by atoms with E-state index in [2.05, 4.69) is 34.6 Å². The van der Waals surface area contributed by atoms with Crippen molar-refractivity contribution in [3.8, 4) is 0 Å². The first-order chi connectivity index (χ1) is 14.9. The van der Waals surface area contributed by atoms with Crippen molar-refractivity contribution in [1.82, 2.24) is 0 Å². The number of hydrogen-bond acceptors (Lipinski definition) is 1. The Kier molecular flexibility index (Phi) is 21.0. The van der Waals surface area contributed by atoms with Crippen LogP contribution in [0.15, 0.2) is 0 Å². The van der Waals surface area contributed by atoms with Gasteiger partial charge in [0.05, 0.1) is 5.92 Å². The molecule has 2 heteroatoms. The zero-order valence-electron chi connectivity index (χ0n) is 22.1. The van der Waals surface area contributed by atoms with Gasteiger partial charge in [-0.3, -0.25) is 4.79 Å². The van der Waals surface area contributed by atoms with E-state index < -0.39 is 5.97 Å². The molecule has 31 heavy (non-hydrogen) atoms. The summed E-state index contributed by atoms with van der Waals surface area (Å²) in [7, 11) is 0. The molecule has 0 aromatic heterocycles. The summed E-state index contributed by atoms with van der Waals surface area (Å²) in [5.74, 6) is 1.45. The molecule has 0 spiro atoms. The van der Waals surface area contributed by atoms with Gasteiger partial charge in [-0.05, 0) is 37.0 Å². The van der Waals surface area contributed by atoms with E-state index in [0.29, 0.717) is 11.8 Å². The maximum absolute atomic E-state index is 11.8. The number of carboxylic acids is 1. The third-order valence-corrected chi connectivity index (χ3v) is 7.12. The average molecular weight is 439 g/mol. The summed E-state index contributed by atoms with van der Waals surface area (Å²) in [6, 6.07) is 0. The molecular formula is C29H58O2. The quantitative estimate of drug-likeness (QED) is 0.161. The Morgan fingerprint density at radius 2 is 1.16 bits per heavy atom. The van der Waals surface area contributed by atoms with Gasteiger partial charge >= 0.3 is 5.97 Å². The maximum Gasteiger partial charge on any atom is 0.306 e. The fraction of sp³-hybridized carbons (Fsp3) is 0.966. The van der Waals surface area contributed by atoms with Gasteiger partial charge < -0.3 is 5.11 Å². The predicted molar refractivity (Wildman–Crippen MR) is 138 cm³/mol. The molecule has 1 N–H and O–H groups in total. The van der Waals surface area contributed by atoms with Crippen LogP contribution in [0.25, 0.3) is 0 Å². The summed E-state index contributed by atoms with van der Waals surface area (Å²) in [6.07, 6.45) is 24.1. The number of aliphatic carboxylic acids is 1. The normalized spacial score (nSPS) is 14.6. The van der Waals surface area contributed by atoms with Crippen LogP contribution in [-0.2, 0) is 4.79 Å². The van der Waals surface area contributed by atoms with Gasteiger partial charge in [-0.25, -0.2) is 0 Å². The topological polar surface area (TPSA) is 37.3 Å². The van der Waals surface area contributed by atoms with Crippen LogP contribution in [0.3, 0.4) is 0 Å². The highest BCUT2D eigenvalue weighted by molar-refractivity contribution is 5.69. The minimum atomic E-state index is -0.561. The molecule has 0 bridgehead atoms. The van der Waals surface area contributed by atoms with Gasteiger partial charge in [0, 0.05) is 0 Å².